The van der Waals surface area contributed by atoms with Gasteiger partial charge in [0.1, 0.15) is 0 Å². The van der Waals surface area contributed by atoms with E-state index in [9.17, 15) is 4.79 Å². The van der Waals surface area contributed by atoms with Gasteiger partial charge in [-0.05, 0) is 18.6 Å². The Hall–Kier alpha value is -2.28. The lowest BCUT2D eigenvalue weighted by Crippen LogP contribution is -2.25. The van der Waals surface area contributed by atoms with E-state index in [2.05, 4.69) is 20.4 Å². The zero-order valence-electron chi connectivity index (χ0n) is 9.54. The summed E-state index contributed by atoms with van der Waals surface area (Å²) in [6.07, 6.45) is 3.69. The zero-order valence-corrected chi connectivity index (χ0v) is 9.54. The van der Waals surface area contributed by atoms with Crippen molar-refractivity contribution in [1.82, 2.24) is 20.4 Å². The molecule has 0 bridgehead atoms. The summed E-state index contributed by atoms with van der Waals surface area (Å²) in [6, 6.07) is 3.44. The van der Waals surface area contributed by atoms with Gasteiger partial charge in [0.05, 0.1) is 0 Å². The Balaban J connectivity index is 2.04. The Morgan fingerprint density at radius 3 is 2.89 bits per heavy atom. The van der Waals surface area contributed by atoms with Gasteiger partial charge in [0.15, 0.2) is 0 Å². The maximum atomic E-state index is 11.6. The second kappa shape index (κ2) is 5.87. The maximum absolute atomic E-state index is 11.6. The molecular weight excluding hydrogens is 236 g/mol. The monoisotopic (exact) mass is 248 g/mol. The van der Waals surface area contributed by atoms with Gasteiger partial charge in [-0.2, -0.15) is 4.98 Å². The Morgan fingerprint density at radius 2 is 2.17 bits per heavy atom. The number of amides is 1. The number of nitrogens with zero attached hydrogens (tertiary/aromatic N) is 3. The number of aliphatic hydroxyl groups is 1. The molecule has 0 atom stereocenters. The molecule has 0 saturated heterocycles. The molecule has 0 fully saturated rings. The van der Waals surface area contributed by atoms with Crippen LogP contribution in [0.2, 0.25) is 0 Å². The van der Waals surface area contributed by atoms with Crippen LogP contribution in [0.5, 0.6) is 0 Å². The van der Waals surface area contributed by atoms with Gasteiger partial charge in [-0.3, -0.25) is 9.78 Å². The third kappa shape index (κ3) is 2.89. The number of pyridine rings is 1. The van der Waals surface area contributed by atoms with Gasteiger partial charge in [-0.25, -0.2) is 0 Å². The molecule has 1 amide bonds. The summed E-state index contributed by atoms with van der Waals surface area (Å²) in [6.45, 7) is 0.384. The molecule has 0 aliphatic carbocycles. The van der Waals surface area contributed by atoms with Crippen molar-refractivity contribution in [3.63, 3.8) is 0 Å². The van der Waals surface area contributed by atoms with Crippen LogP contribution in [0.25, 0.3) is 11.4 Å². The van der Waals surface area contributed by atoms with Crippen molar-refractivity contribution in [1.29, 1.82) is 0 Å². The summed E-state index contributed by atoms with van der Waals surface area (Å²) in [4.78, 5) is 19.4. The van der Waals surface area contributed by atoms with E-state index in [-0.39, 0.29) is 12.5 Å². The number of hydrogen-bond donors (Lipinski definition) is 2. The number of aromatic nitrogens is 3. The molecule has 94 valence electrons. The predicted molar refractivity (Wildman–Crippen MR) is 61.6 cm³/mol. The van der Waals surface area contributed by atoms with Crippen LogP contribution in [0, 0.1) is 0 Å². The van der Waals surface area contributed by atoms with Crippen LogP contribution < -0.4 is 5.32 Å². The number of nitrogens with one attached hydrogen (secondary N) is 1. The summed E-state index contributed by atoms with van der Waals surface area (Å²) in [5.41, 5.74) is 0.725. The van der Waals surface area contributed by atoms with E-state index in [1.54, 1.807) is 24.5 Å². The van der Waals surface area contributed by atoms with E-state index in [4.69, 9.17) is 9.63 Å². The fourth-order valence-corrected chi connectivity index (χ4v) is 1.29. The van der Waals surface area contributed by atoms with Crippen molar-refractivity contribution in [3.05, 3.63) is 30.4 Å². The fourth-order valence-electron chi connectivity index (χ4n) is 1.29. The van der Waals surface area contributed by atoms with Crippen molar-refractivity contribution < 1.29 is 14.4 Å². The van der Waals surface area contributed by atoms with Crippen LogP contribution in [0.4, 0.5) is 0 Å². The van der Waals surface area contributed by atoms with Gasteiger partial charge in [0.25, 0.3) is 0 Å². The first-order valence-electron chi connectivity index (χ1n) is 5.44. The summed E-state index contributed by atoms with van der Waals surface area (Å²) in [5, 5.41) is 14.9. The van der Waals surface area contributed by atoms with Gasteiger partial charge in [0, 0.05) is 31.1 Å². The third-order valence-electron chi connectivity index (χ3n) is 2.18. The molecule has 0 aliphatic rings. The van der Waals surface area contributed by atoms with E-state index in [1.165, 1.54) is 0 Å². The minimum absolute atomic E-state index is 0.0202. The Kier molecular flexibility index (Phi) is 3.98. The first-order valence-corrected chi connectivity index (χ1v) is 5.44. The van der Waals surface area contributed by atoms with Crippen molar-refractivity contribution in [2.75, 3.05) is 13.2 Å². The first kappa shape index (κ1) is 12.2. The molecule has 0 unspecified atom stereocenters. The predicted octanol–water partition coefficient (Wildman–Crippen LogP) is 0.244. The molecule has 2 aromatic heterocycles. The largest absolute Gasteiger partial charge is 0.396 e. The van der Waals surface area contributed by atoms with Gasteiger partial charge in [0.2, 0.25) is 5.82 Å². The topological polar surface area (TPSA) is 101 Å². The summed E-state index contributed by atoms with van der Waals surface area (Å²) in [5.74, 6) is -0.208. The van der Waals surface area contributed by atoms with E-state index in [0.717, 1.165) is 5.56 Å². The molecule has 7 nitrogen and oxygen atoms in total. The molecule has 2 heterocycles. The average Bonchev–Trinajstić information content (AvgIpc) is 2.89. The van der Waals surface area contributed by atoms with Gasteiger partial charge >= 0.3 is 11.8 Å². The van der Waals surface area contributed by atoms with Crippen molar-refractivity contribution >= 4 is 5.91 Å². The van der Waals surface area contributed by atoms with E-state index < -0.39 is 5.91 Å². The first-order chi connectivity index (χ1) is 8.81. The highest BCUT2D eigenvalue weighted by atomic mass is 16.5. The number of aliphatic hydroxyl groups excluding tert-OH is 1. The smallest absolute Gasteiger partial charge is 0.316 e. The number of rotatable bonds is 5. The van der Waals surface area contributed by atoms with Gasteiger partial charge in [-0.1, -0.05) is 5.16 Å². The molecule has 0 saturated carbocycles. The van der Waals surface area contributed by atoms with Crippen LogP contribution in [-0.2, 0) is 0 Å². The molecule has 0 radical (unpaired) electrons. The van der Waals surface area contributed by atoms with Crippen molar-refractivity contribution in [3.8, 4) is 11.4 Å². The molecule has 7 heteroatoms. The van der Waals surface area contributed by atoms with Crippen molar-refractivity contribution in [2.24, 2.45) is 0 Å². The normalized spacial score (nSPS) is 10.3. The second-order valence-electron chi connectivity index (χ2n) is 3.49. The molecule has 2 aromatic rings. The number of carbonyl (C=O) groups excluding carboxylic acids is 1. The Bertz CT molecular complexity index is 512. The maximum Gasteiger partial charge on any atom is 0.316 e. The lowest BCUT2D eigenvalue weighted by molar-refractivity contribution is 0.0907. The molecule has 0 aliphatic heterocycles. The molecule has 0 spiro atoms. The van der Waals surface area contributed by atoms with Crippen LogP contribution in [0.1, 0.15) is 17.1 Å². The lowest BCUT2D eigenvalue weighted by atomic mass is 10.2. The van der Waals surface area contributed by atoms with Crippen LogP contribution >= 0.6 is 0 Å². The quantitative estimate of drug-likeness (QED) is 0.735. The molecular formula is C11H12N4O3. The highest BCUT2D eigenvalue weighted by Crippen LogP contribution is 2.13. The Labute approximate surface area is 103 Å². The number of carbonyl (C=O) groups is 1. The standard InChI is InChI=1S/C11H12N4O3/c16-7-1-4-13-10(17)11-14-9(15-18-11)8-2-5-12-6-3-8/h2-3,5-6,16H,1,4,7H2,(H,13,17). The van der Waals surface area contributed by atoms with Crippen LogP contribution in [0.3, 0.4) is 0 Å². The Morgan fingerprint density at radius 1 is 1.39 bits per heavy atom. The number of hydrogen-bond acceptors (Lipinski definition) is 6. The third-order valence-corrected chi connectivity index (χ3v) is 2.18. The second-order valence-corrected chi connectivity index (χ2v) is 3.49. The summed E-state index contributed by atoms with van der Waals surface area (Å²) < 4.78 is 4.86. The highest BCUT2D eigenvalue weighted by molar-refractivity contribution is 5.89. The van der Waals surface area contributed by atoms with E-state index >= 15 is 0 Å². The van der Waals surface area contributed by atoms with Gasteiger partial charge < -0.3 is 14.9 Å². The van der Waals surface area contributed by atoms with Crippen LogP contribution in [0.15, 0.2) is 29.0 Å². The van der Waals surface area contributed by atoms with Crippen molar-refractivity contribution in [2.45, 2.75) is 6.42 Å². The lowest BCUT2D eigenvalue weighted by Gasteiger charge is -1.98. The average molecular weight is 248 g/mol. The molecule has 18 heavy (non-hydrogen) atoms. The molecule has 2 rings (SSSR count). The fraction of sp³-hybridized carbons (Fsp3) is 0.273. The van der Waals surface area contributed by atoms with Crippen LogP contribution in [-0.4, -0.2) is 39.3 Å². The molecule has 0 aromatic carbocycles. The van der Waals surface area contributed by atoms with E-state index in [1.807, 2.05) is 0 Å². The van der Waals surface area contributed by atoms with E-state index in [0.29, 0.717) is 18.8 Å². The summed E-state index contributed by atoms with van der Waals surface area (Å²) in [7, 11) is 0. The highest BCUT2D eigenvalue weighted by Gasteiger charge is 2.15. The zero-order chi connectivity index (χ0) is 12.8. The minimum Gasteiger partial charge on any atom is -0.396 e. The minimum atomic E-state index is -0.448. The van der Waals surface area contributed by atoms with Gasteiger partial charge in [-0.15, -0.1) is 0 Å². The summed E-state index contributed by atoms with van der Waals surface area (Å²) >= 11 is 0. The SMILES string of the molecule is O=C(NCCCO)c1nc(-c2ccncc2)no1. The molecule has 2 N–H and O–H groups in total.